The Morgan fingerprint density at radius 2 is 0.853 bits per heavy atom. The maximum absolute atomic E-state index is 6.60. The molecule has 1 heterocycles. The first-order chi connectivity index (χ1) is 33.0. The summed E-state index contributed by atoms with van der Waals surface area (Å²) in [6, 6.07) is 82.0. The Hall–Kier alpha value is -7.94. The first-order valence-electron chi connectivity index (χ1n) is 23.8. The molecular formula is C66H55NO. The molecule has 0 bridgehead atoms. The van der Waals surface area contributed by atoms with E-state index in [4.69, 9.17) is 4.42 Å². The van der Waals surface area contributed by atoms with E-state index in [1.807, 2.05) is 6.07 Å². The van der Waals surface area contributed by atoms with Crippen LogP contribution in [0.4, 0.5) is 17.1 Å². The average molecular weight is 878 g/mol. The van der Waals surface area contributed by atoms with Gasteiger partial charge in [-0.2, -0.15) is 0 Å². The van der Waals surface area contributed by atoms with Crippen molar-refractivity contribution in [3.8, 4) is 55.6 Å². The van der Waals surface area contributed by atoms with Crippen LogP contribution in [0.5, 0.6) is 0 Å². The molecule has 0 fully saturated rings. The molecule has 0 unspecified atom stereocenters. The Kier molecular flexibility index (Phi) is 10.7. The minimum atomic E-state index is -0.0117. The summed E-state index contributed by atoms with van der Waals surface area (Å²) in [5, 5.41) is 4.70. The van der Waals surface area contributed by atoms with E-state index in [9.17, 15) is 0 Å². The molecule has 0 saturated carbocycles. The molecule has 0 aliphatic carbocycles. The molecule has 0 aliphatic heterocycles. The molecule has 68 heavy (non-hydrogen) atoms. The second-order valence-electron chi connectivity index (χ2n) is 20.2. The second-order valence-corrected chi connectivity index (χ2v) is 20.2. The van der Waals surface area contributed by atoms with Crippen molar-refractivity contribution in [3.05, 3.63) is 236 Å². The third-order valence-corrected chi connectivity index (χ3v) is 13.6. The summed E-state index contributed by atoms with van der Waals surface area (Å²) in [7, 11) is 0. The normalized spacial score (nSPS) is 12.0. The topological polar surface area (TPSA) is 16.4 Å². The van der Waals surface area contributed by atoms with Crippen LogP contribution >= 0.6 is 0 Å². The van der Waals surface area contributed by atoms with Crippen LogP contribution in [0.3, 0.4) is 0 Å². The largest absolute Gasteiger partial charge is 0.455 e. The molecule has 10 aromatic carbocycles. The fourth-order valence-corrected chi connectivity index (χ4v) is 9.85. The van der Waals surface area contributed by atoms with Crippen LogP contribution in [0.2, 0.25) is 0 Å². The molecular weight excluding hydrogens is 823 g/mol. The number of anilines is 3. The van der Waals surface area contributed by atoms with E-state index in [1.54, 1.807) is 0 Å². The van der Waals surface area contributed by atoms with Gasteiger partial charge in [0.2, 0.25) is 0 Å². The lowest BCUT2D eigenvalue weighted by molar-refractivity contribution is 0.569. The maximum Gasteiger partial charge on any atom is 0.143 e. The van der Waals surface area contributed by atoms with Crippen molar-refractivity contribution < 1.29 is 4.42 Å². The summed E-state index contributed by atoms with van der Waals surface area (Å²) in [4.78, 5) is 2.43. The molecule has 2 heteroatoms. The molecule has 0 spiro atoms. The van der Waals surface area contributed by atoms with Gasteiger partial charge in [-0.05, 0) is 114 Å². The maximum atomic E-state index is 6.60. The zero-order valence-corrected chi connectivity index (χ0v) is 39.7. The van der Waals surface area contributed by atoms with E-state index < -0.39 is 0 Å². The monoisotopic (exact) mass is 877 g/mol. The number of para-hydroxylation sites is 3. The standard InChI is InChI=1S/C66H55NO/c1-65(2,3)51-40-50(41-52(43-51)66(4,5)6)55-26-15-20-48-21-16-28-59(63(48)55)57-24-10-12-30-61(57)67(53-38-36-47(37-39-53)46-34-32-45(33-35-46)44-18-8-7-9-19-44)54-23-14-22-49(42-54)56-27-17-29-60-58-25-11-13-31-62(58)68-64(56)60/h7-43H,1-6H3. The van der Waals surface area contributed by atoms with E-state index in [2.05, 4.69) is 265 Å². The van der Waals surface area contributed by atoms with Crippen molar-refractivity contribution in [1.82, 2.24) is 0 Å². The van der Waals surface area contributed by atoms with Crippen molar-refractivity contribution in [1.29, 1.82) is 0 Å². The predicted octanol–water partition coefficient (Wildman–Crippen LogP) is 19.1. The van der Waals surface area contributed by atoms with E-state index in [0.717, 1.165) is 61.3 Å². The molecule has 0 radical (unpaired) electrons. The lowest BCUT2D eigenvalue weighted by Crippen LogP contribution is -2.16. The predicted molar refractivity (Wildman–Crippen MR) is 290 cm³/mol. The van der Waals surface area contributed by atoms with Gasteiger partial charge in [0, 0.05) is 33.3 Å². The summed E-state index contributed by atoms with van der Waals surface area (Å²) >= 11 is 0. The Morgan fingerprint density at radius 1 is 0.338 bits per heavy atom. The molecule has 0 atom stereocenters. The van der Waals surface area contributed by atoms with E-state index in [1.165, 1.54) is 55.3 Å². The third-order valence-electron chi connectivity index (χ3n) is 13.6. The number of hydrogen-bond donors (Lipinski definition) is 0. The second kappa shape index (κ2) is 17.0. The zero-order valence-electron chi connectivity index (χ0n) is 39.7. The molecule has 330 valence electrons. The van der Waals surface area contributed by atoms with Crippen LogP contribution in [0.1, 0.15) is 52.7 Å². The minimum absolute atomic E-state index is 0.0117. The van der Waals surface area contributed by atoms with Crippen LogP contribution in [0.25, 0.3) is 88.3 Å². The number of rotatable bonds is 8. The smallest absolute Gasteiger partial charge is 0.143 e. The van der Waals surface area contributed by atoms with Crippen molar-refractivity contribution in [2.45, 2.75) is 52.4 Å². The third kappa shape index (κ3) is 7.96. The van der Waals surface area contributed by atoms with Crippen LogP contribution in [0, 0.1) is 0 Å². The summed E-state index contributed by atoms with van der Waals surface area (Å²) in [6.45, 7) is 13.9. The highest BCUT2D eigenvalue weighted by molar-refractivity contribution is 6.11. The van der Waals surface area contributed by atoms with Crippen molar-refractivity contribution in [2.75, 3.05) is 4.90 Å². The molecule has 11 rings (SSSR count). The van der Waals surface area contributed by atoms with Gasteiger partial charge in [0.05, 0.1) is 5.69 Å². The van der Waals surface area contributed by atoms with Gasteiger partial charge >= 0.3 is 0 Å². The van der Waals surface area contributed by atoms with Crippen LogP contribution < -0.4 is 4.90 Å². The number of fused-ring (bicyclic) bond motifs is 4. The van der Waals surface area contributed by atoms with E-state index in [0.29, 0.717) is 0 Å². The van der Waals surface area contributed by atoms with Crippen molar-refractivity contribution >= 4 is 49.8 Å². The van der Waals surface area contributed by atoms with Gasteiger partial charge in [-0.3, -0.25) is 0 Å². The van der Waals surface area contributed by atoms with Crippen LogP contribution in [-0.2, 0) is 10.8 Å². The van der Waals surface area contributed by atoms with Gasteiger partial charge in [-0.25, -0.2) is 0 Å². The van der Waals surface area contributed by atoms with Crippen LogP contribution in [-0.4, -0.2) is 0 Å². The first kappa shape index (κ1) is 42.7. The molecule has 0 saturated heterocycles. The van der Waals surface area contributed by atoms with Crippen molar-refractivity contribution in [2.24, 2.45) is 0 Å². The van der Waals surface area contributed by atoms with Gasteiger partial charge < -0.3 is 9.32 Å². The highest BCUT2D eigenvalue weighted by Gasteiger charge is 2.24. The Labute approximate surface area is 400 Å². The van der Waals surface area contributed by atoms with E-state index >= 15 is 0 Å². The Bertz CT molecular complexity index is 3580. The summed E-state index contributed by atoms with van der Waals surface area (Å²) in [6.07, 6.45) is 0. The molecule has 11 aromatic rings. The molecule has 2 nitrogen and oxygen atoms in total. The van der Waals surface area contributed by atoms with Gasteiger partial charge in [0.1, 0.15) is 11.2 Å². The van der Waals surface area contributed by atoms with Gasteiger partial charge in [-0.15, -0.1) is 0 Å². The summed E-state index contributed by atoms with van der Waals surface area (Å²) < 4.78 is 6.60. The van der Waals surface area contributed by atoms with Crippen molar-refractivity contribution in [3.63, 3.8) is 0 Å². The van der Waals surface area contributed by atoms with Gasteiger partial charge in [0.25, 0.3) is 0 Å². The average Bonchev–Trinajstić information content (AvgIpc) is 3.75. The lowest BCUT2D eigenvalue weighted by Gasteiger charge is -2.29. The molecule has 0 N–H and O–H groups in total. The quantitative estimate of drug-likeness (QED) is 0.151. The Morgan fingerprint density at radius 3 is 1.54 bits per heavy atom. The lowest BCUT2D eigenvalue weighted by atomic mass is 9.78. The number of nitrogens with zero attached hydrogens (tertiary/aromatic N) is 1. The molecule has 1 aromatic heterocycles. The summed E-state index contributed by atoms with van der Waals surface area (Å²) in [5.41, 5.74) is 19.4. The fourth-order valence-electron chi connectivity index (χ4n) is 9.85. The first-order valence-corrected chi connectivity index (χ1v) is 23.8. The van der Waals surface area contributed by atoms with Crippen LogP contribution in [0.15, 0.2) is 229 Å². The fraction of sp³-hybridized carbons (Fsp3) is 0.121. The molecule has 0 amide bonds. The highest BCUT2D eigenvalue weighted by atomic mass is 16.3. The number of benzene rings is 10. The molecule has 0 aliphatic rings. The Balaban J connectivity index is 1.09. The van der Waals surface area contributed by atoms with Gasteiger partial charge in [0.15, 0.2) is 0 Å². The number of furan rings is 1. The SMILES string of the molecule is CC(C)(C)c1cc(-c2cccc3cccc(-c4ccccc4N(c4ccc(-c5ccc(-c6ccccc6)cc5)cc4)c4cccc(-c5cccc6c5oc5ccccc56)c4)c23)cc(C(C)(C)C)c1. The number of hydrogen-bond acceptors (Lipinski definition) is 2. The van der Waals surface area contributed by atoms with Gasteiger partial charge in [-0.1, -0.05) is 230 Å². The minimum Gasteiger partial charge on any atom is -0.455 e. The zero-order chi connectivity index (χ0) is 46.6. The summed E-state index contributed by atoms with van der Waals surface area (Å²) in [5.74, 6) is 0. The van der Waals surface area contributed by atoms with E-state index in [-0.39, 0.29) is 10.8 Å². The highest BCUT2D eigenvalue weighted by Crippen LogP contribution is 2.47.